The van der Waals surface area contributed by atoms with Gasteiger partial charge in [-0.15, -0.1) is 0 Å². The monoisotopic (exact) mass is 414 g/mol. The topological polar surface area (TPSA) is 16.8 Å². The maximum atomic E-state index is 9.14. The lowest BCUT2D eigenvalue weighted by molar-refractivity contribution is -0.660. The fraction of sp³-hybridized carbons (Fsp3) is 0.448. The number of aromatic nitrogens is 2. The average Bonchev–Trinajstić information content (AvgIpc) is 3.17. The molecule has 0 radical (unpaired) electrons. The van der Waals surface area contributed by atoms with Gasteiger partial charge < -0.3 is 0 Å². The normalized spacial score (nSPS) is 26.1. The van der Waals surface area contributed by atoms with Crippen LogP contribution in [0.4, 0.5) is 0 Å². The van der Waals surface area contributed by atoms with Gasteiger partial charge in [-0.1, -0.05) is 31.0 Å². The van der Waals surface area contributed by atoms with Gasteiger partial charge in [-0.05, 0) is 86.0 Å². The van der Waals surface area contributed by atoms with E-state index in [1.807, 2.05) is 17.7 Å². The first-order chi connectivity index (χ1) is 17.0. The number of hydrogen-bond donors (Lipinski definition) is 0. The molecule has 7 bridgehead atoms. The number of pyridine rings is 2. The molecule has 2 aliphatic carbocycles. The maximum absolute atomic E-state index is 9.14. The zero-order chi connectivity index (χ0) is 25.4. The predicted molar refractivity (Wildman–Crippen MR) is 126 cm³/mol. The second kappa shape index (κ2) is 7.29. The van der Waals surface area contributed by atoms with Gasteiger partial charge in [0.25, 0.3) is 0 Å². The van der Waals surface area contributed by atoms with E-state index in [4.69, 9.17) is 11.8 Å². The van der Waals surface area contributed by atoms with Crippen LogP contribution in [0.5, 0.6) is 0 Å². The van der Waals surface area contributed by atoms with E-state index in [0.29, 0.717) is 17.9 Å². The molecular formula is C29H33N2+. The van der Waals surface area contributed by atoms with Crippen LogP contribution in [0.1, 0.15) is 72.6 Å². The fourth-order valence-electron chi connectivity index (χ4n) is 6.00. The molecule has 2 aliphatic heterocycles. The molecule has 158 valence electrons. The van der Waals surface area contributed by atoms with E-state index in [0.717, 1.165) is 61.0 Å². The second-order valence-electron chi connectivity index (χ2n) is 9.83. The van der Waals surface area contributed by atoms with E-state index in [1.165, 1.54) is 22.4 Å². The van der Waals surface area contributed by atoms with E-state index in [9.17, 15) is 0 Å². The highest BCUT2D eigenvalue weighted by Crippen LogP contribution is 2.43. The number of fused-ring (bicyclic) bond motifs is 4. The van der Waals surface area contributed by atoms with Crippen molar-refractivity contribution >= 4 is 0 Å². The molecule has 1 aromatic carbocycles. The van der Waals surface area contributed by atoms with Crippen LogP contribution in [-0.4, -0.2) is 4.98 Å². The molecule has 2 heteroatoms. The summed E-state index contributed by atoms with van der Waals surface area (Å²) in [6.45, 7) is -0.303. The van der Waals surface area contributed by atoms with Gasteiger partial charge in [-0.25, -0.2) is 4.57 Å². The minimum atomic E-state index is -2.39. The third-order valence-electron chi connectivity index (χ3n) is 7.76. The SMILES string of the molecule is [2H]C([2H])([2H])c1c[n+](C)c2cc1C([2H])([2H])CC1CCC(CC1)Cc1ccc3c(n1)Cc1c-3ccc(C)c1-2. The largest absolute Gasteiger partial charge is 0.257 e. The Kier molecular flexibility index (Phi) is 3.42. The van der Waals surface area contributed by atoms with Crippen molar-refractivity contribution in [2.45, 2.75) is 65.1 Å². The third kappa shape index (κ3) is 3.23. The molecular weight excluding hydrogens is 376 g/mol. The molecule has 1 fully saturated rings. The average molecular weight is 415 g/mol. The van der Waals surface area contributed by atoms with Crippen molar-refractivity contribution in [2.24, 2.45) is 18.9 Å². The summed E-state index contributed by atoms with van der Waals surface area (Å²) >= 11 is 0. The van der Waals surface area contributed by atoms with Gasteiger partial charge in [0.2, 0.25) is 5.69 Å². The highest BCUT2D eigenvalue weighted by atomic mass is 14.9. The zero-order valence-electron chi connectivity index (χ0n) is 23.5. The quantitative estimate of drug-likeness (QED) is 0.320. The Hall–Kier alpha value is -2.48. The molecule has 3 aromatic rings. The van der Waals surface area contributed by atoms with Crippen molar-refractivity contribution in [2.75, 3.05) is 0 Å². The maximum Gasteiger partial charge on any atom is 0.213 e. The van der Waals surface area contributed by atoms with Gasteiger partial charge >= 0.3 is 0 Å². The molecule has 0 atom stereocenters. The molecule has 4 heterocycles. The van der Waals surface area contributed by atoms with Gasteiger partial charge in [0.05, 0.1) is 11.3 Å². The number of benzene rings is 1. The highest BCUT2D eigenvalue weighted by Gasteiger charge is 2.29. The minimum absolute atomic E-state index is 0.119. The summed E-state index contributed by atoms with van der Waals surface area (Å²) in [6, 6.07) is 10.6. The first-order valence-corrected chi connectivity index (χ1v) is 11.7. The lowest BCUT2D eigenvalue weighted by Gasteiger charge is -2.28. The molecule has 0 amide bonds. The number of hydrogen-bond acceptors (Lipinski definition) is 1. The highest BCUT2D eigenvalue weighted by molar-refractivity contribution is 5.84. The minimum Gasteiger partial charge on any atom is -0.257 e. The molecule has 31 heavy (non-hydrogen) atoms. The van der Waals surface area contributed by atoms with Gasteiger partial charge in [0.1, 0.15) is 7.05 Å². The smallest absolute Gasteiger partial charge is 0.213 e. The molecule has 2 nitrogen and oxygen atoms in total. The molecule has 0 spiro atoms. The van der Waals surface area contributed by atoms with E-state index in [1.54, 1.807) is 6.20 Å². The zero-order valence-corrected chi connectivity index (χ0v) is 18.5. The predicted octanol–water partition coefficient (Wildman–Crippen LogP) is 6.06. The summed E-state index contributed by atoms with van der Waals surface area (Å²) in [6.07, 6.45) is 6.12. The van der Waals surface area contributed by atoms with E-state index < -0.39 is 13.2 Å². The van der Waals surface area contributed by atoms with Gasteiger partial charge in [0, 0.05) is 36.2 Å². The lowest BCUT2D eigenvalue weighted by Crippen LogP contribution is -2.32. The first kappa shape index (κ1) is 14.6. The fourth-order valence-corrected chi connectivity index (χ4v) is 6.00. The van der Waals surface area contributed by atoms with Crippen LogP contribution in [0.25, 0.3) is 22.4 Å². The molecule has 0 unspecified atom stereocenters. The van der Waals surface area contributed by atoms with E-state index in [-0.39, 0.29) is 11.5 Å². The Labute approximate surface area is 193 Å². The summed E-state index contributed by atoms with van der Waals surface area (Å²) in [5.74, 6) is 0.834. The standard InChI is InChI=1S/C29H33N2/c1-18-4-12-24-25-13-11-23-14-21-7-5-20(6-8-21)9-10-22-15-28(31(3)17-19(22)2)29(18)26(24)16-27(25)30-23/h4,11-13,15,17,20-21H,5-10,14,16H2,1-3H3/q+1/i2D3,10D2. The Morgan fingerprint density at radius 3 is 2.65 bits per heavy atom. The van der Waals surface area contributed by atoms with E-state index >= 15 is 0 Å². The van der Waals surface area contributed by atoms with E-state index in [2.05, 4.69) is 31.2 Å². The van der Waals surface area contributed by atoms with Crippen molar-refractivity contribution in [1.82, 2.24) is 4.98 Å². The lowest BCUT2D eigenvalue weighted by atomic mass is 9.77. The van der Waals surface area contributed by atoms with Crippen LogP contribution in [0.3, 0.4) is 0 Å². The van der Waals surface area contributed by atoms with Crippen molar-refractivity contribution in [3.63, 3.8) is 0 Å². The molecule has 1 saturated carbocycles. The Balaban J connectivity index is 1.62. The molecule has 4 aliphatic rings. The van der Waals surface area contributed by atoms with Crippen molar-refractivity contribution in [3.05, 3.63) is 70.2 Å². The third-order valence-corrected chi connectivity index (χ3v) is 7.76. The Bertz CT molecular complexity index is 1370. The molecule has 7 rings (SSSR count). The first-order valence-electron chi connectivity index (χ1n) is 14.2. The molecule has 0 saturated heterocycles. The van der Waals surface area contributed by atoms with Crippen molar-refractivity contribution in [3.8, 4) is 22.4 Å². The van der Waals surface area contributed by atoms with Crippen LogP contribution in [0.2, 0.25) is 0 Å². The van der Waals surface area contributed by atoms with Gasteiger partial charge in [-0.2, -0.15) is 0 Å². The van der Waals surface area contributed by atoms with Crippen molar-refractivity contribution < 1.29 is 11.4 Å². The van der Waals surface area contributed by atoms with Gasteiger partial charge in [0.15, 0.2) is 6.20 Å². The molecule has 2 aromatic heterocycles. The van der Waals surface area contributed by atoms with Crippen LogP contribution in [0, 0.1) is 25.6 Å². The van der Waals surface area contributed by atoms with Crippen molar-refractivity contribution in [1.29, 1.82) is 0 Å². The summed E-state index contributed by atoms with van der Waals surface area (Å²) in [5.41, 5.74) is 9.31. The summed E-state index contributed by atoms with van der Waals surface area (Å²) < 4.78 is 44.8. The van der Waals surface area contributed by atoms with Gasteiger partial charge in [-0.3, -0.25) is 4.98 Å². The summed E-state index contributed by atoms with van der Waals surface area (Å²) in [5, 5.41) is 0. The summed E-state index contributed by atoms with van der Waals surface area (Å²) in [4.78, 5) is 5.13. The summed E-state index contributed by atoms with van der Waals surface area (Å²) in [7, 11) is 1.88. The Morgan fingerprint density at radius 1 is 1.00 bits per heavy atom. The molecule has 0 N–H and O–H groups in total. The second-order valence-corrected chi connectivity index (χ2v) is 9.83. The number of nitrogens with zero attached hydrogens (tertiary/aromatic N) is 2. The van der Waals surface area contributed by atoms with Crippen LogP contribution in [0.15, 0.2) is 36.5 Å². The number of rotatable bonds is 0. The number of aryl methyl sites for hydroxylation is 4. The van der Waals surface area contributed by atoms with Crippen LogP contribution >= 0.6 is 0 Å². The Morgan fingerprint density at radius 2 is 1.81 bits per heavy atom. The van der Waals surface area contributed by atoms with Crippen LogP contribution < -0.4 is 4.57 Å². The van der Waals surface area contributed by atoms with Crippen LogP contribution in [-0.2, 0) is 26.3 Å².